The van der Waals surface area contributed by atoms with Crippen LogP contribution in [-0.4, -0.2) is 56.6 Å². The summed E-state index contributed by atoms with van der Waals surface area (Å²) in [5, 5.41) is 0. The van der Waals surface area contributed by atoms with Gasteiger partial charge in [0.1, 0.15) is 6.17 Å². The van der Waals surface area contributed by atoms with Gasteiger partial charge in [-0.3, -0.25) is 4.90 Å². The number of nitrogens with zero attached hydrogens (tertiary/aromatic N) is 1. The van der Waals surface area contributed by atoms with Crippen molar-refractivity contribution >= 4 is 0 Å². The van der Waals surface area contributed by atoms with Crippen LogP contribution in [0.15, 0.2) is 0 Å². The van der Waals surface area contributed by atoms with E-state index in [0.29, 0.717) is 12.6 Å². The van der Waals surface area contributed by atoms with E-state index >= 15 is 0 Å². The molecule has 3 nitrogen and oxygen atoms in total. The fraction of sp³-hybridized carbons (Fsp3) is 1.00. The number of ether oxygens (including phenoxy) is 2. The quantitative estimate of drug-likeness (QED) is 0.629. The van der Waals surface area contributed by atoms with Crippen molar-refractivity contribution in [3.8, 4) is 0 Å². The van der Waals surface area contributed by atoms with E-state index < -0.39 is 6.17 Å². The molecule has 0 spiro atoms. The Morgan fingerprint density at radius 3 is 2.69 bits per heavy atom. The molecule has 2 unspecified atom stereocenters. The first-order chi connectivity index (χ1) is 6.31. The lowest BCUT2D eigenvalue weighted by Gasteiger charge is -2.42. The molecule has 0 aliphatic carbocycles. The molecule has 0 N–H and O–H groups in total. The van der Waals surface area contributed by atoms with E-state index in [4.69, 9.17) is 9.47 Å². The van der Waals surface area contributed by atoms with Crippen molar-refractivity contribution in [1.82, 2.24) is 4.90 Å². The molecule has 13 heavy (non-hydrogen) atoms. The van der Waals surface area contributed by atoms with Gasteiger partial charge in [0.25, 0.3) is 0 Å². The van der Waals surface area contributed by atoms with Crippen molar-refractivity contribution in [2.45, 2.75) is 24.7 Å². The largest absolute Gasteiger partial charge is 0.378 e. The molecule has 0 saturated carbocycles. The second-order valence-corrected chi connectivity index (χ2v) is 3.77. The van der Waals surface area contributed by atoms with Crippen LogP contribution < -0.4 is 0 Å². The Balaban J connectivity index is 1.83. The smallest absolute Gasteiger partial charge is 0.139 e. The summed E-state index contributed by atoms with van der Waals surface area (Å²) in [6.07, 6.45) is -0.231. The molecule has 0 aromatic rings. The molecule has 2 heterocycles. The van der Waals surface area contributed by atoms with Crippen LogP contribution in [-0.2, 0) is 9.47 Å². The van der Waals surface area contributed by atoms with Crippen LogP contribution in [0.4, 0.5) is 4.39 Å². The van der Waals surface area contributed by atoms with Gasteiger partial charge in [-0.25, -0.2) is 4.39 Å². The second-order valence-electron chi connectivity index (χ2n) is 3.77. The van der Waals surface area contributed by atoms with Gasteiger partial charge in [0.05, 0.1) is 25.4 Å². The van der Waals surface area contributed by atoms with Crippen LogP contribution in [0.2, 0.25) is 0 Å². The van der Waals surface area contributed by atoms with E-state index in [-0.39, 0.29) is 6.10 Å². The summed E-state index contributed by atoms with van der Waals surface area (Å²) in [5.74, 6) is 0. The van der Waals surface area contributed by atoms with E-state index in [9.17, 15) is 4.39 Å². The third-order valence-corrected chi connectivity index (χ3v) is 2.95. The number of hydrogen-bond acceptors (Lipinski definition) is 3. The van der Waals surface area contributed by atoms with Gasteiger partial charge in [0.15, 0.2) is 0 Å². The minimum absolute atomic E-state index is 0.197. The maximum absolute atomic E-state index is 13.4. The Morgan fingerprint density at radius 2 is 2.23 bits per heavy atom. The first kappa shape index (κ1) is 9.37. The number of likely N-dealkylation sites (tertiary alicyclic amines) is 1. The first-order valence-electron chi connectivity index (χ1n) is 4.80. The Morgan fingerprint density at radius 1 is 1.46 bits per heavy atom. The van der Waals surface area contributed by atoms with Gasteiger partial charge >= 0.3 is 0 Å². The van der Waals surface area contributed by atoms with Crippen molar-refractivity contribution in [3.05, 3.63) is 0 Å². The second kappa shape index (κ2) is 3.90. The van der Waals surface area contributed by atoms with Crippen LogP contribution in [0.1, 0.15) is 6.42 Å². The molecule has 0 aromatic heterocycles. The summed E-state index contributed by atoms with van der Waals surface area (Å²) in [7, 11) is 1.58. The minimum Gasteiger partial charge on any atom is -0.378 e. The van der Waals surface area contributed by atoms with Gasteiger partial charge in [-0.05, 0) is 6.42 Å². The molecule has 0 radical (unpaired) electrons. The van der Waals surface area contributed by atoms with Crippen LogP contribution in [0, 0.1) is 0 Å². The summed E-state index contributed by atoms with van der Waals surface area (Å²) < 4.78 is 23.5. The Kier molecular flexibility index (Phi) is 2.81. The van der Waals surface area contributed by atoms with Crippen molar-refractivity contribution in [3.63, 3.8) is 0 Å². The fourth-order valence-corrected chi connectivity index (χ4v) is 1.94. The van der Waals surface area contributed by atoms with Crippen molar-refractivity contribution in [2.24, 2.45) is 0 Å². The summed E-state index contributed by atoms with van der Waals surface area (Å²) in [4.78, 5) is 2.17. The molecule has 2 fully saturated rings. The highest BCUT2D eigenvalue weighted by Gasteiger charge is 2.35. The summed E-state index contributed by atoms with van der Waals surface area (Å²) in [6, 6.07) is 0.455. The molecule has 0 aromatic carbocycles. The van der Waals surface area contributed by atoms with E-state index in [1.165, 1.54) is 0 Å². The number of methoxy groups -OCH3 is 1. The molecular formula is C9H16FNO2. The van der Waals surface area contributed by atoms with Crippen LogP contribution in [0.25, 0.3) is 0 Å². The fourth-order valence-electron chi connectivity index (χ4n) is 1.94. The zero-order chi connectivity index (χ0) is 9.26. The third-order valence-electron chi connectivity index (χ3n) is 2.95. The molecule has 2 saturated heterocycles. The van der Waals surface area contributed by atoms with Crippen LogP contribution in [0.3, 0.4) is 0 Å². The Labute approximate surface area is 77.8 Å². The number of rotatable bonds is 2. The minimum atomic E-state index is -0.834. The van der Waals surface area contributed by atoms with Crippen molar-refractivity contribution < 1.29 is 13.9 Å². The normalized spacial score (nSPS) is 37.4. The monoisotopic (exact) mass is 189 g/mol. The van der Waals surface area contributed by atoms with Gasteiger partial charge in [-0.1, -0.05) is 0 Å². The predicted octanol–water partition coefficient (Wildman–Crippen LogP) is 0.444. The highest BCUT2D eigenvalue weighted by molar-refractivity contribution is 4.87. The highest BCUT2D eigenvalue weighted by Crippen LogP contribution is 2.21. The lowest BCUT2D eigenvalue weighted by Crippen LogP contribution is -2.56. The van der Waals surface area contributed by atoms with E-state index in [1.54, 1.807) is 7.11 Å². The standard InChI is InChI=1S/C9H16FNO2/c1-12-9-2-3-11(4-8(9)10)7-5-13-6-7/h7-9H,2-6H2,1H3. The topological polar surface area (TPSA) is 21.7 Å². The Bertz CT molecular complexity index is 175. The summed E-state index contributed by atoms with van der Waals surface area (Å²) in [5.41, 5.74) is 0. The molecule has 2 rings (SSSR count). The lowest BCUT2D eigenvalue weighted by molar-refractivity contribution is -0.102. The molecule has 2 aliphatic rings. The van der Waals surface area contributed by atoms with Crippen LogP contribution >= 0.6 is 0 Å². The Hall–Kier alpha value is -0.190. The van der Waals surface area contributed by atoms with E-state index in [2.05, 4.69) is 4.90 Å². The maximum atomic E-state index is 13.4. The van der Waals surface area contributed by atoms with Crippen molar-refractivity contribution in [1.29, 1.82) is 0 Å². The molecule has 2 aliphatic heterocycles. The van der Waals surface area contributed by atoms with Gasteiger partial charge in [-0.15, -0.1) is 0 Å². The number of alkyl halides is 1. The molecule has 2 atom stereocenters. The first-order valence-corrected chi connectivity index (χ1v) is 4.80. The molecule has 4 heteroatoms. The van der Waals surface area contributed by atoms with Gasteiger partial charge in [-0.2, -0.15) is 0 Å². The van der Waals surface area contributed by atoms with E-state index in [1.807, 2.05) is 0 Å². The summed E-state index contributed by atoms with van der Waals surface area (Å²) >= 11 is 0. The van der Waals surface area contributed by atoms with Crippen LogP contribution in [0.5, 0.6) is 0 Å². The molecule has 0 amide bonds. The zero-order valence-corrected chi connectivity index (χ0v) is 7.91. The average Bonchev–Trinajstić information content (AvgIpc) is 2.01. The molecular weight excluding hydrogens is 173 g/mol. The highest BCUT2D eigenvalue weighted by atomic mass is 19.1. The van der Waals surface area contributed by atoms with E-state index in [0.717, 1.165) is 26.2 Å². The maximum Gasteiger partial charge on any atom is 0.139 e. The molecule has 76 valence electrons. The average molecular weight is 189 g/mol. The SMILES string of the molecule is COC1CCN(C2COC2)CC1F. The molecule has 0 bridgehead atoms. The predicted molar refractivity (Wildman–Crippen MR) is 46.5 cm³/mol. The summed E-state index contributed by atoms with van der Waals surface area (Å²) in [6.45, 7) is 2.98. The van der Waals surface area contributed by atoms with Gasteiger partial charge in [0.2, 0.25) is 0 Å². The van der Waals surface area contributed by atoms with Gasteiger partial charge in [0, 0.05) is 20.2 Å². The van der Waals surface area contributed by atoms with Crippen molar-refractivity contribution in [2.75, 3.05) is 33.4 Å². The number of hydrogen-bond donors (Lipinski definition) is 0. The zero-order valence-electron chi connectivity index (χ0n) is 7.91. The van der Waals surface area contributed by atoms with Gasteiger partial charge < -0.3 is 9.47 Å². The third kappa shape index (κ3) is 1.85. The number of piperidine rings is 1. The lowest BCUT2D eigenvalue weighted by atomic mass is 10.0. The number of halogens is 1.